The molecule has 0 saturated carbocycles. The topological polar surface area (TPSA) is 43.9 Å². The van der Waals surface area contributed by atoms with E-state index in [2.05, 4.69) is 4.51 Å². The number of carbonyl (C=O) groups excluding carboxylic acids is 2. The lowest BCUT2D eigenvalue weighted by Crippen LogP contribution is -2.49. The van der Waals surface area contributed by atoms with Gasteiger partial charge in [0.2, 0.25) is 9.58 Å². The molecule has 0 bridgehead atoms. The number of hydrogen-bond donors (Lipinski definition) is 0. The second-order valence-electron chi connectivity index (χ2n) is 10.3. The summed E-state index contributed by atoms with van der Waals surface area (Å²) in [5, 5.41) is 0. The minimum absolute atomic E-state index is 0.0273. The predicted molar refractivity (Wildman–Crippen MR) is 161 cm³/mol. The van der Waals surface area contributed by atoms with Gasteiger partial charge < -0.3 is 9.80 Å². The van der Waals surface area contributed by atoms with Gasteiger partial charge in [-0.3, -0.25) is 9.69 Å². The fourth-order valence-electron chi connectivity index (χ4n) is 4.79. The zero-order chi connectivity index (χ0) is 29.5. The van der Waals surface area contributed by atoms with Crippen LogP contribution in [0.3, 0.4) is 0 Å². The predicted octanol–water partition coefficient (Wildman–Crippen LogP) is 7.06. The average molecular weight is 676 g/mol. The van der Waals surface area contributed by atoms with Crippen LogP contribution in [-0.2, 0) is 30.6 Å². The number of urea groups is 1. The normalized spacial score (nSPS) is 15.7. The lowest BCUT2D eigenvalue weighted by molar-refractivity contribution is -0.189. The van der Waals surface area contributed by atoms with E-state index in [-0.39, 0.29) is 18.4 Å². The first-order valence-corrected chi connectivity index (χ1v) is 16.1. The summed E-state index contributed by atoms with van der Waals surface area (Å²) in [5.41, 5.74) is 4.71. The van der Waals surface area contributed by atoms with Gasteiger partial charge in [-0.05, 0) is 72.9 Å². The lowest BCUT2D eigenvalue weighted by atomic mass is 9.98. The summed E-state index contributed by atoms with van der Waals surface area (Å²) in [7, 11) is 3.45. The zero-order valence-corrected chi connectivity index (χ0v) is 25.5. The van der Waals surface area contributed by atoms with E-state index in [4.69, 9.17) is 0 Å². The second kappa shape index (κ2) is 13.9. The molecule has 220 valence electrons. The maximum atomic E-state index is 14.3. The molecule has 0 radical (unpaired) electrons. The van der Waals surface area contributed by atoms with Crippen LogP contribution in [0.4, 0.5) is 28.0 Å². The molecule has 1 unspecified atom stereocenters. The third-order valence-electron chi connectivity index (χ3n) is 7.26. The molecule has 0 spiro atoms. The van der Waals surface area contributed by atoms with Crippen molar-refractivity contribution in [3.05, 3.63) is 64.7 Å². The van der Waals surface area contributed by atoms with Gasteiger partial charge in [0.1, 0.15) is 0 Å². The third kappa shape index (κ3) is 8.04. The van der Waals surface area contributed by atoms with Gasteiger partial charge in [-0.1, -0.05) is 62.5 Å². The Labute approximate surface area is 244 Å². The number of likely N-dealkylation sites (N-methyl/N-ethyl adjacent to an activating group) is 1. The first kappa shape index (κ1) is 32.0. The van der Waals surface area contributed by atoms with Gasteiger partial charge in [-0.2, -0.15) is 13.2 Å². The SMILES string of the molecule is C=IC(F)(CCCCc1cc(N2CCCN(Cc3ccc(CC(=O)N(C)C)cc3)C2=O)ccc1CC)C(F)(F)F. The minimum atomic E-state index is -4.87. The highest BCUT2D eigenvalue weighted by Crippen LogP contribution is 2.46. The van der Waals surface area contributed by atoms with Crippen LogP contribution >= 0.6 is 20.7 Å². The number of aryl methyl sites for hydroxylation is 2. The number of alkyl halides is 5. The Morgan fingerprint density at radius 3 is 2.27 bits per heavy atom. The highest BCUT2D eigenvalue weighted by molar-refractivity contribution is 14.2. The van der Waals surface area contributed by atoms with E-state index in [1.54, 1.807) is 28.8 Å². The molecule has 0 aliphatic carbocycles. The van der Waals surface area contributed by atoms with E-state index in [9.17, 15) is 27.2 Å². The van der Waals surface area contributed by atoms with Crippen LogP contribution in [0, 0.1) is 0 Å². The molecule has 40 heavy (non-hydrogen) atoms. The number of carbonyl (C=O) groups is 2. The van der Waals surface area contributed by atoms with Crippen molar-refractivity contribution in [3.8, 4) is 0 Å². The molecule has 2 aromatic rings. The summed E-state index contributed by atoms with van der Waals surface area (Å²) in [6.07, 6.45) is -2.47. The number of hydrogen-bond acceptors (Lipinski definition) is 2. The van der Waals surface area contributed by atoms with Crippen LogP contribution in [-0.4, -0.2) is 63.3 Å². The summed E-state index contributed by atoms with van der Waals surface area (Å²) in [6, 6.07) is 13.5. The fourth-order valence-corrected chi connectivity index (χ4v) is 5.98. The lowest BCUT2D eigenvalue weighted by Gasteiger charge is -2.36. The Balaban J connectivity index is 1.65. The van der Waals surface area contributed by atoms with Gasteiger partial charge in [0, 0.05) is 39.4 Å². The molecule has 1 heterocycles. The number of unbranched alkanes of at least 4 members (excludes halogenated alkanes) is 1. The largest absolute Gasteiger partial charge is 0.431 e. The molecule has 1 saturated heterocycles. The average Bonchev–Trinajstić information content (AvgIpc) is 2.92. The van der Waals surface area contributed by atoms with Gasteiger partial charge in [-0.15, -0.1) is 0 Å². The van der Waals surface area contributed by atoms with Gasteiger partial charge in [0.25, 0.3) is 0 Å². The van der Waals surface area contributed by atoms with Crippen molar-refractivity contribution in [2.24, 2.45) is 0 Å². The molecule has 1 aliphatic heterocycles. The molecule has 5 nitrogen and oxygen atoms in total. The molecular weight excluding hydrogens is 637 g/mol. The minimum Gasteiger partial charge on any atom is -0.349 e. The van der Waals surface area contributed by atoms with E-state index in [0.717, 1.165) is 40.8 Å². The van der Waals surface area contributed by atoms with Crippen molar-refractivity contribution in [1.29, 1.82) is 0 Å². The summed E-state index contributed by atoms with van der Waals surface area (Å²) < 4.78 is 53.7. The molecule has 10 heteroatoms. The van der Waals surface area contributed by atoms with Crippen molar-refractivity contribution < 1.29 is 27.2 Å². The quantitative estimate of drug-likeness (QED) is 0.105. The smallest absolute Gasteiger partial charge is 0.349 e. The van der Waals surface area contributed by atoms with Gasteiger partial charge in [0.15, 0.2) is 0 Å². The Kier molecular flexibility index (Phi) is 11.1. The molecule has 0 aromatic heterocycles. The standard InChI is InChI=1S/C30H38F4IN3O2/c1-5-24-14-15-26(20-25(24)9-6-7-16-29(31,35-2)30(32,33)34)38-18-8-17-37(28(38)40)21-23-12-10-22(11-13-23)19-27(39)36(3)4/h10-15,20H,2,5-9,16-19,21H2,1,3-4H3. The van der Waals surface area contributed by atoms with Crippen molar-refractivity contribution in [2.75, 3.05) is 32.1 Å². The highest BCUT2D eigenvalue weighted by atomic mass is 127. The number of halogens is 5. The van der Waals surface area contributed by atoms with E-state index < -0.39 is 37.0 Å². The van der Waals surface area contributed by atoms with Crippen LogP contribution < -0.4 is 4.90 Å². The number of nitrogens with zero attached hydrogens (tertiary/aromatic N) is 3. The van der Waals surface area contributed by atoms with Crippen molar-refractivity contribution in [1.82, 2.24) is 9.80 Å². The van der Waals surface area contributed by atoms with Crippen molar-refractivity contribution in [2.45, 2.75) is 68.3 Å². The number of anilines is 1. The van der Waals surface area contributed by atoms with Gasteiger partial charge in [0.05, 0.1) is 6.42 Å². The molecule has 3 rings (SSSR count). The van der Waals surface area contributed by atoms with Crippen LogP contribution in [0.5, 0.6) is 0 Å². The molecule has 1 fully saturated rings. The van der Waals surface area contributed by atoms with Crippen LogP contribution in [0.25, 0.3) is 0 Å². The zero-order valence-electron chi connectivity index (χ0n) is 23.4. The summed E-state index contributed by atoms with van der Waals surface area (Å²) in [5.74, 6) is 0.0273. The van der Waals surface area contributed by atoms with Crippen molar-refractivity contribution in [3.63, 3.8) is 0 Å². The maximum absolute atomic E-state index is 14.3. The Bertz CT molecular complexity index is 1190. The van der Waals surface area contributed by atoms with Gasteiger partial charge in [-0.25, -0.2) is 9.18 Å². The Morgan fingerprint density at radius 2 is 1.68 bits per heavy atom. The molecule has 3 amide bonds. The summed E-state index contributed by atoms with van der Waals surface area (Å²) in [4.78, 5) is 30.5. The summed E-state index contributed by atoms with van der Waals surface area (Å²) >= 11 is -1.87. The van der Waals surface area contributed by atoms with E-state index >= 15 is 0 Å². The monoisotopic (exact) mass is 675 g/mol. The van der Waals surface area contributed by atoms with E-state index in [0.29, 0.717) is 38.9 Å². The Hall–Kier alpha value is -2.50. The Morgan fingerprint density at radius 1 is 1.00 bits per heavy atom. The third-order valence-corrected chi connectivity index (χ3v) is 9.62. The number of amides is 3. The molecule has 2 aromatic carbocycles. The van der Waals surface area contributed by atoms with Gasteiger partial charge >= 0.3 is 12.2 Å². The first-order valence-electron chi connectivity index (χ1n) is 13.5. The van der Waals surface area contributed by atoms with Crippen LogP contribution in [0.1, 0.15) is 54.9 Å². The molecule has 1 aliphatic rings. The van der Waals surface area contributed by atoms with E-state index in [1.807, 2.05) is 49.4 Å². The maximum Gasteiger partial charge on any atom is 0.431 e. The number of rotatable bonds is 12. The molecule has 1 atom stereocenters. The fraction of sp³-hybridized carbons (Fsp3) is 0.500. The number of benzene rings is 2. The van der Waals surface area contributed by atoms with Crippen LogP contribution in [0.15, 0.2) is 42.5 Å². The van der Waals surface area contributed by atoms with Crippen LogP contribution in [0.2, 0.25) is 0 Å². The summed E-state index contributed by atoms with van der Waals surface area (Å²) in [6.45, 7) is 3.68. The second-order valence-corrected chi connectivity index (χ2v) is 12.8. The highest BCUT2D eigenvalue weighted by Gasteiger charge is 2.53. The van der Waals surface area contributed by atoms with Crippen molar-refractivity contribution >= 4 is 42.9 Å². The van der Waals surface area contributed by atoms with E-state index in [1.165, 1.54) is 0 Å². The first-order chi connectivity index (χ1) is 18.9. The molecular formula is C30H38F4IN3O2. The molecule has 0 N–H and O–H groups in total.